The number of rotatable bonds is 3. The Morgan fingerprint density at radius 3 is 2.00 bits per heavy atom. The predicted octanol–water partition coefficient (Wildman–Crippen LogP) is 5.09. The fraction of sp³-hybridized carbons (Fsp3) is 0.182. The van der Waals surface area contributed by atoms with Crippen LogP contribution in [0.25, 0.3) is 10.8 Å². The molecule has 0 saturated heterocycles. The Morgan fingerprint density at radius 2 is 1.46 bits per heavy atom. The van der Waals surface area contributed by atoms with Gasteiger partial charge in [-0.05, 0) is 46.0 Å². The fourth-order valence-electron chi connectivity index (χ4n) is 2.84. The summed E-state index contributed by atoms with van der Waals surface area (Å²) < 4.78 is 0. The lowest BCUT2D eigenvalue weighted by molar-refractivity contribution is 0.0698. The van der Waals surface area contributed by atoms with Crippen LogP contribution in [0.1, 0.15) is 47.1 Å². The Balaban J connectivity index is 1.93. The normalized spacial score (nSPS) is 11.3. The van der Waals surface area contributed by atoms with Crippen LogP contribution in [0.4, 0.5) is 5.69 Å². The van der Waals surface area contributed by atoms with Crippen molar-refractivity contribution in [1.82, 2.24) is 0 Å². The highest BCUT2D eigenvalue weighted by atomic mass is 16.4. The zero-order valence-corrected chi connectivity index (χ0v) is 15.0. The molecular formula is C22H21NO3. The molecule has 0 aliphatic rings. The third kappa shape index (κ3) is 3.59. The van der Waals surface area contributed by atoms with E-state index >= 15 is 0 Å². The highest BCUT2D eigenvalue weighted by Gasteiger charge is 2.17. The van der Waals surface area contributed by atoms with Gasteiger partial charge >= 0.3 is 5.97 Å². The molecule has 0 fully saturated rings. The van der Waals surface area contributed by atoms with E-state index in [1.807, 2.05) is 36.4 Å². The van der Waals surface area contributed by atoms with Crippen molar-refractivity contribution in [3.8, 4) is 0 Å². The first-order valence-electron chi connectivity index (χ1n) is 8.44. The summed E-state index contributed by atoms with van der Waals surface area (Å²) >= 11 is 0. The minimum Gasteiger partial charge on any atom is -0.478 e. The molecule has 0 aliphatic carbocycles. The largest absolute Gasteiger partial charge is 0.478 e. The van der Waals surface area contributed by atoms with Gasteiger partial charge in [0.25, 0.3) is 5.91 Å². The van der Waals surface area contributed by atoms with Crippen LogP contribution in [0, 0.1) is 0 Å². The molecule has 2 N–H and O–H groups in total. The Hall–Kier alpha value is -3.14. The van der Waals surface area contributed by atoms with Crippen LogP contribution in [0.15, 0.2) is 60.7 Å². The molecule has 0 saturated carbocycles. The molecule has 26 heavy (non-hydrogen) atoms. The van der Waals surface area contributed by atoms with Crippen molar-refractivity contribution in [2.24, 2.45) is 0 Å². The molecule has 4 heteroatoms. The first-order chi connectivity index (χ1) is 12.3. The van der Waals surface area contributed by atoms with Gasteiger partial charge in [0.2, 0.25) is 0 Å². The molecule has 132 valence electrons. The van der Waals surface area contributed by atoms with E-state index in [1.165, 1.54) is 0 Å². The highest BCUT2D eigenvalue weighted by Crippen LogP contribution is 2.26. The number of hydrogen-bond acceptors (Lipinski definition) is 2. The Morgan fingerprint density at radius 1 is 0.885 bits per heavy atom. The summed E-state index contributed by atoms with van der Waals surface area (Å²) in [6, 6.07) is 18.1. The van der Waals surface area contributed by atoms with E-state index in [-0.39, 0.29) is 16.9 Å². The number of nitrogens with one attached hydrogen (secondary N) is 1. The standard InChI is InChI=1S/C22H21NO3/c1-22(2,3)17-10-8-14(9-11-17)20(24)23-19-13-16-7-5-4-6-15(16)12-18(19)21(25)26/h4-13H,1-3H3,(H,23,24)(H,25,26). The number of amides is 1. The van der Waals surface area contributed by atoms with Crippen LogP contribution >= 0.6 is 0 Å². The number of anilines is 1. The molecule has 3 aromatic rings. The van der Waals surface area contributed by atoms with Crippen LogP contribution in [-0.4, -0.2) is 17.0 Å². The number of carbonyl (C=O) groups excluding carboxylic acids is 1. The van der Waals surface area contributed by atoms with E-state index < -0.39 is 5.97 Å². The molecule has 0 heterocycles. The fourth-order valence-corrected chi connectivity index (χ4v) is 2.84. The zero-order chi connectivity index (χ0) is 18.9. The molecule has 0 spiro atoms. The minimum atomic E-state index is -1.07. The summed E-state index contributed by atoms with van der Waals surface area (Å²) in [6.07, 6.45) is 0. The maximum Gasteiger partial charge on any atom is 0.337 e. The predicted molar refractivity (Wildman–Crippen MR) is 104 cm³/mol. The first-order valence-corrected chi connectivity index (χ1v) is 8.44. The number of carbonyl (C=O) groups is 2. The van der Waals surface area contributed by atoms with Gasteiger partial charge in [0.05, 0.1) is 11.3 Å². The van der Waals surface area contributed by atoms with Crippen molar-refractivity contribution < 1.29 is 14.7 Å². The van der Waals surface area contributed by atoms with Gasteiger partial charge in [-0.1, -0.05) is 57.2 Å². The maximum atomic E-state index is 12.6. The number of carboxylic acid groups (broad SMARTS) is 1. The van der Waals surface area contributed by atoms with Gasteiger partial charge in [0, 0.05) is 5.56 Å². The smallest absolute Gasteiger partial charge is 0.337 e. The number of benzene rings is 3. The van der Waals surface area contributed by atoms with Gasteiger partial charge in [-0.25, -0.2) is 4.79 Å². The molecule has 0 unspecified atom stereocenters. The quantitative estimate of drug-likeness (QED) is 0.694. The maximum absolute atomic E-state index is 12.6. The van der Waals surface area contributed by atoms with E-state index in [1.54, 1.807) is 24.3 Å². The van der Waals surface area contributed by atoms with Gasteiger partial charge in [0.15, 0.2) is 0 Å². The van der Waals surface area contributed by atoms with Crippen molar-refractivity contribution in [3.05, 3.63) is 77.4 Å². The lowest BCUT2D eigenvalue weighted by Crippen LogP contribution is -2.16. The second-order valence-electron chi connectivity index (χ2n) is 7.33. The van der Waals surface area contributed by atoms with Crippen molar-refractivity contribution in [2.45, 2.75) is 26.2 Å². The van der Waals surface area contributed by atoms with Gasteiger partial charge < -0.3 is 10.4 Å². The average Bonchev–Trinajstić information content (AvgIpc) is 2.60. The molecule has 0 aliphatic heterocycles. The van der Waals surface area contributed by atoms with Gasteiger partial charge in [0.1, 0.15) is 0 Å². The molecule has 3 aromatic carbocycles. The lowest BCUT2D eigenvalue weighted by Gasteiger charge is -2.19. The van der Waals surface area contributed by atoms with Crippen LogP contribution in [0.2, 0.25) is 0 Å². The zero-order valence-electron chi connectivity index (χ0n) is 15.0. The highest BCUT2D eigenvalue weighted by molar-refractivity contribution is 6.10. The molecule has 4 nitrogen and oxygen atoms in total. The second kappa shape index (κ2) is 6.64. The number of carboxylic acids is 1. The Labute approximate surface area is 152 Å². The number of fused-ring (bicyclic) bond motifs is 1. The van der Waals surface area contributed by atoms with Crippen LogP contribution < -0.4 is 5.32 Å². The van der Waals surface area contributed by atoms with E-state index in [4.69, 9.17) is 0 Å². The van der Waals surface area contributed by atoms with Gasteiger partial charge in [-0.15, -0.1) is 0 Å². The molecular weight excluding hydrogens is 326 g/mol. The summed E-state index contributed by atoms with van der Waals surface area (Å²) in [5, 5.41) is 13.9. The summed E-state index contributed by atoms with van der Waals surface area (Å²) in [4.78, 5) is 24.2. The minimum absolute atomic E-state index is 0.00380. The van der Waals surface area contributed by atoms with Crippen LogP contribution in [-0.2, 0) is 5.41 Å². The summed E-state index contributed by atoms with van der Waals surface area (Å²) in [5.74, 6) is -1.41. The summed E-state index contributed by atoms with van der Waals surface area (Å²) in [5.41, 5.74) is 1.99. The van der Waals surface area contributed by atoms with Crippen LogP contribution in [0.5, 0.6) is 0 Å². The Bertz CT molecular complexity index is 982. The van der Waals surface area contributed by atoms with Crippen molar-refractivity contribution in [2.75, 3.05) is 5.32 Å². The lowest BCUT2D eigenvalue weighted by atomic mass is 9.86. The summed E-state index contributed by atoms with van der Waals surface area (Å²) in [6.45, 7) is 6.32. The van der Waals surface area contributed by atoms with Crippen molar-refractivity contribution in [3.63, 3.8) is 0 Å². The monoisotopic (exact) mass is 347 g/mol. The van der Waals surface area contributed by atoms with Gasteiger partial charge in [-0.2, -0.15) is 0 Å². The van der Waals surface area contributed by atoms with E-state index in [9.17, 15) is 14.7 Å². The topological polar surface area (TPSA) is 66.4 Å². The van der Waals surface area contributed by atoms with Crippen molar-refractivity contribution in [1.29, 1.82) is 0 Å². The first kappa shape index (κ1) is 17.7. The van der Waals surface area contributed by atoms with Gasteiger partial charge in [-0.3, -0.25) is 4.79 Å². The SMILES string of the molecule is CC(C)(C)c1ccc(C(=O)Nc2cc3ccccc3cc2C(=O)O)cc1. The van der Waals surface area contributed by atoms with E-state index in [0.29, 0.717) is 11.3 Å². The summed E-state index contributed by atoms with van der Waals surface area (Å²) in [7, 11) is 0. The second-order valence-corrected chi connectivity index (χ2v) is 7.33. The number of aromatic carboxylic acids is 1. The average molecular weight is 347 g/mol. The molecule has 0 aromatic heterocycles. The molecule has 0 radical (unpaired) electrons. The molecule has 0 atom stereocenters. The van der Waals surface area contributed by atoms with E-state index in [2.05, 4.69) is 26.1 Å². The van der Waals surface area contributed by atoms with Crippen LogP contribution in [0.3, 0.4) is 0 Å². The van der Waals surface area contributed by atoms with E-state index in [0.717, 1.165) is 16.3 Å². The third-order valence-electron chi connectivity index (χ3n) is 4.38. The molecule has 1 amide bonds. The Kier molecular flexibility index (Phi) is 4.51. The molecule has 3 rings (SSSR count). The van der Waals surface area contributed by atoms with Crippen molar-refractivity contribution >= 4 is 28.3 Å². The molecule has 0 bridgehead atoms. The number of hydrogen-bond donors (Lipinski definition) is 2. The third-order valence-corrected chi connectivity index (χ3v) is 4.38.